The highest BCUT2D eigenvalue weighted by Gasteiger charge is 2.15. The van der Waals surface area contributed by atoms with Crippen LogP contribution in [0.1, 0.15) is 27.6 Å². The van der Waals surface area contributed by atoms with Gasteiger partial charge in [0.05, 0.1) is 5.38 Å². The molecular weight excluding hydrogens is 266 g/mol. The van der Waals surface area contributed by atoms with E-state index in [2.05, 4.69) is 0 Å². The van der Waals surface area contributed by atoms with Gasteiger partial charge in [0.1, 0.15) is 0 Å². The quantitative estimate of drug-likeness (QED) is 0.686. The first-order valence-electron chi connectivity index (χ1n) is 6.13. The molecule has 0 bridgehead atoms. The molecule has 0 nitrogen and oxygen atoms in total. The highest BCUT2D eigenvalue weighted by molar-refractivity contribution is 6.21. The second-order valence-corrected chi connectivity index (χ2v) is 5.27. The van der Waals surface area contributed by atoms with Gasteiger partial charge in [-0.05, 0) is 43.0 Å². The molecule has 19 heavy (non-hydrogen) atoms. The largest absolute Gasteiger partial charge is 0.204 e. The third kappa shape index (κ3) is 3.13. The lowest BCUT2D eigenvalue weighted by atomic mass is 9.98. The third-order valence-corrected chi connectivity index (χ3v) is 3.58. The number of alkyl halides is 1. The lowest BCUT2D eigenvalue weighted by molar-refractivity contribution is 0.498. The monoisotopic (exact) mass is 280 g/mol. The van der Waals surface area contributed by atoms with Gasteiger partial charge in [0.25, 0.3) is 0 Å². The summed E-state index contributed by atoms with van der Waals surface area (Å²) in [6, 6.07) is 10.1. The van der Waals surface area contributed by atoms with Crippen molar-refractivity contribution in [3.63, 3.8) is 0 Å². The Morgan fingerprint density at radius 1 is 1.11 bits per heavy atom. The Kier molecular flexibility index (Phi) is 4.20. The summed E-state index contributed by atoms with van der Waals surface area (Å²) in [6.45, 7) is 3.98. The second kappa shape index (κ2) is 5.70. The minimum Gasteiger partial charge on any atom is -0.204 e. The van der Waals surface area contributed by atoms with Crippen LogP contribution in [0.25, 0.3) is 0 Å². The molecule has 3 heteroatoms. The number of aryl methyl sites for hydroxylation is 2. The Labute approximate surface area is 117 Å². The van der Waals surface area contributed by atoms with Gasteiger partial charge in [-0.2, -0.15) is 0 Å². The third-order valence-electron chi connectivity index (χ3n) is 3.19. The lowest BCUT2D eigenvalue weighted by Crippen LogP contribution is -2.02. The summed E-state index contributed by atoms with van der Waals surface area (Å²) in [5, 5.41) is -0.364. The highest BCUT2D eigenvalue weighted by atomic mass is 35.5. The molecule has 2 aromatic rings. The maximum absolute atomic E-state index is 13.6. The Morgan fingerprint density at radius 3 is 2.53 bits per heavy atom. The van der Waals surface area contributed by atoms with Crippen molar-refractivity contribution in [1.82, 2.24) is 0 Å². The maximum atomic E-state index is 13.6. The maximum Gasteiger partial charge on any atom is 0.162 e. The molecule has 0 aliphatic rings. The molecule has 0 amide bonds. The van der Waals surface area contributed by atoms with Crippen molar-refractivity contribution in [2.45, 2.75) is 25.6 Å². The molecule has 0 aromatic heterocycles. The first-order valence-corrected chi connectivity index (χ1v) is 6.57. The van der Waals surface area contributed by atoms with E-state index in [0.29, 0.717) is 5.56 Å². The van der Waals surface area contributed by atoms with Crippen molar-refractivity contribution in [3.8, 4) is 0 Å². The SMILES string of the molecule is Cc1ccc(C(Cl)Cc2cccc(F)c2F)c(C)c1. The predicted molar refractivity (Wildman–Crippen MR) is 74.6 cm³/mol. The van der Waals surface area contributed by atoms with Crippen LogP contribution in [0.2, 0.25) is 0 Å². The molecule has 1 atom stereocenters. The van der Waals surface area contributed by atoms with Crippen molar-refractivity contribution in [2.75, 3.05) is 0 Å². The number of benzene rings is 2. The fourth-order valence-corrected chi connectivity index (χ4v) is 2.60. The smallest absolute Gasteiger partial charge is 0.162 e. The standard InChI is InChI=1S/C16H15ClF2/c1-10-6-7-13(11(2)8-10)14(17)9-12-4-3-5-15(18)16(12)19/h3-8,14H,9H2,1-2H3. The second-order valence-electron chi connectivity index (χ2n) is 4.74. The summed E-state index contributed by atoms with van der Waals surface area (Å²) in [7, 11) is 0. The van der Waals surface area contributed by atoms with Gasteiger partial charge >= 0.3 is 0 Å². The Hall–Kier alpha value is -1.41. The van der Waals surface area contributed by atoms with E-state index >= 15 is 0 Å². The van der Waals surface area contributed by atoms with E-state index in [-0.39, 0.29) is 11.8 Å². The van der Waals surface area contributed by atoms with Crippen molar-refractivity contribution < 1.29 is 8.78 Å². The zero-order chi connectivity index (χ0) is 14.0. The molecule has 0 radical (unpaired) electrons. The molecule has 0 heterocycles. The van der Waals surface area contributed by atoms with Crippen LogP contribution < -0.4 is 0 Å². The average Bonchev–Trinajstić information content (AvgIpc) is 2.34. The average molecular weight is 281 g/mol. The van der Waals surface area contributed by atoms with Crippen molar-refractivity contribution in [3.05, 3.63) is 70.3 Å². The fraction of sp³-hybridized carbons (Fsp3) is 0.250. The van der Waals surface area contributed by atoms with Crippen molar-refractivity contribution in [1.29, 1.82) is 0 Å². The predicted octanol–water partition coefficient (Wildman–Crippen LogP) is 5.10. The minimum absolute atomic E-state index is 0.273. The number of hydrogen-bond donors (Lipinski definition) is 0. The van der Waals surface area contributed by atoms with Crippen LogP contribution >= 0.6 is 11.6 Å². The van der Waals surface area contributed by atoms with Gasteiger partial charge in [-0.25, -0.2) is 8.78 Å². The number of halogens is 3. The van der Waals surface area contributed by atoms with E-state index in [1.54, 1.807) is 6.07 Å². The summed E-state index contributed by atoms with van der Waals surface area (Å²) in [5.74, 6) is -1.64. The van der Waals surface area contributed by atoms with E-state index in [4.69, 9.17) is 11.6 Å². The summed E-state index contributed by atoms with van der Waals surface area (Å²) in [4.78, 5) is 0. The van der Waals surface area contributed by atoms with Crippen LogP contribution in [-0.2, 0) is 6.42 Å². The number of rotatable bonds is 3. The minimum atomic E-state index is -0.831. The molecular formula is C16H15ClF2. The molecule has 100 valence electrons. The zero-order valence-corrected chi connectivity index (χ0v) is 11.6. The van der Waals surface area contributed by atoms with Gasteiger partial charge in [-0.3, -0.25) is 0 Å². The van der Waals surface area contributed by atoms with E-state index in [9.17, 15) is 8.78 Å². The lowest BCUT2D eigenvalue weighted by Gasteiger charge is -2.14. The molecule has 1 unspecified atom stereocenters. The van der Waals surface area contributed by atoms with Gasteiger partial charge in [-0.15, -0.1) is 11.6 Å². The first kappa shape index (κ1) is 14.0. The topological polar surface area (TPSA) is 0 Å². The molecule has 0 spiro atoms. The molecule has 2 rings (SSSR count). The van der Waals surface area contributed by atoms with Gasteiger partial charge in [-0.1, -0.05) is 35.9 Å². The molecule has 0 saturated carbocycles. The molecule has 0 fully saturated rings. The van der Waals surface area contributed by atoms with Crippen LogP contribution in [0.3, 0.4) is 0 Å². The fourth-order valence-electron chi connectivity index (χ4n) is 2.19. The van der Waals surface area contributed by atoms with Crippen LogP contribution in [0.15, 0.2) is 36.4 Å². The van der Waals surface area contributed by atoms with Crippen LogP contribution in [0, 0.1) is 25.5 Å². The first-order chi connectivity index (χ1) is 8.99. The summed E-state index contributed by atoms with van der Waals surface area (Å²) in [6.07, 6.45) is 0.273. The van der Waals surface area contributed by atoms with Crippen LogP contribution in [0.4, 0.5) is 8.78 Å². The summed E-state index contributed by atoms with van der Waals surface area (Å²) in [5.41, 5.74) is 3.48. The van der Waals surface area contributed by atoms with Crippen molar-refractivity contribution >= 4 is 11.6 Å². The van der Waals surface area contributed by atoms with E-state index in [0.717, 1.165) is 22.8 Å². The molecule has 0 N–H and O–H groups in total. The van der Waals surface area contributed by atoms with E-state index < -0.39 is 11.6 Å². The van der Waals surface area contributed by atoms with Gasteiger partial charge in [0, 0.05) is 0 Å². The molecule has 0 aliphatic heterocycles. The molecule has 2 aromatic carbocycles. The van der Waals surface area contributed by atoms with Crippen LogP contribution in [0.5, 0.6) is 0 Å². The van der Waals surface area contributed by atoms with E-state index in [1.165, 1.54) is 6.07 Å². The molecule has 0 saturated heterocycles. The Bertz CT molecular complexity index is 593. The summed E-state index contributed by atoms with van der Waals surface area (Å²) < 4.78 is 26.8. The zero-order valence-electron chi connectivity index (χ0n) is 10.9. The Balaban J connectivity index is 2.25. The normalized spacial score (nSPS) is 12.5. The van der Waals surface area contributed by atoms with Gasteiger partial charge in [0.15, 0.2) is 11.6 Å². The van der Waals surface area contributed by atoms with Gasteiger partial charge in [0.2, 0.25) is 0 Å². The summed E-state index contributed by atoms with van der Waals surface area (Å²) >= 11 is 6.33. The molecule has 0 aliphatic carbocycles. The number of hydrogen-bond acceptors (Lipinski definition) is 0. The van der Waals surface area contributed by atoms with Crippen molar-refractivity contribution in [2.24, 2.45) is 0 Å². The van der Waals surface area contributed by atoms with Crippen LogP contribution in [-0.4, -0.2) is 0 Å². The Morgan fingerprint density at radius 2 is 1.84 bits per heavy atom. The van der Waals surface area contributed by atoms with E-state index in [1.807, 2.05) is 32.0 Å². The highest BCUT2D eigenvalue weighted by Crippen LogP contribution is 2.29. The van der Waals surface area contributed by atoms with Gasteiger partial charge < -0.3 is 0 Å².